The first kappa shape index (κ1) is 15.7. The van der Waals surface area contributed by atoms with E-state index < -0.39 is 10.0 Å². The van der Waals surface area contributed by atoms with Crippen molar-refractivity contribution in [3.8, 4) is 0 Å². The monoisotopic (exact) mass is 306 g/mol. The summed E-state index contributed by atoms with van der Waals surface area (Å²) in [6, 6.07) is 16.1. The maximum Gasteiger partial charge on any atom is 0.238 e. The molecule has 2 aromatic rings. The fourth-order valence-electron chi connectivity index (χ4n) is 1.85. The van der Waals surface area contributed by atoms with E-state index in [2.05, 4.69) is 5.48 Å². The van der Waals surface area contributed by atoms with Gasteiger partial charge >= 0.3 is 0 Å². The van der Waals surface area contributed by atoms with E-state index in [1.165, 1.54) is 6.07 Å². The van der Waals surface area contributed by atoms with Gasteiger partial charge in [-0.05, 0) is 30.2 Å². The third kappa shape index (κ3) is 4.64. The number of sulfonamides is 1. The van der Waals surface area contributed by atoms with Crippen LogP contribution in [0.4, 0.5) is 0 Å². The number of benzene rings is 2. The lowest BCUT2D eigenvalue weighted by Crippen LogP contribution is -2.20. The Morgan fingerprint density at radius 2 is 1.86 bits per heavy atom. The first-order chi connectivity index (χ1) is 9.97. The van der Waals surface area contributed by atoms with E-state index in [1.54, 1.807) is 12.1 Å². The van der Waals surface area contributed by atoms with E-state index in [9.17, 15) is 8.42 Å². The van der Waals surface area contributed by atoms with Crippen LogP contribution in [-0.2, 0) is 21.5 Å². The molecule has 0 spiro atoms. The third-order valence-electron chi connectivity index (χ3n) is 3.03. The minimum Gasteiger partial charge on any atom is -0.296 e. The number of primary sulfonamides is 1. The normalized spacial score (nSPS) is 13.0. The number of hydrogen-bond acceptors (Lipinski definition) is 4. The minimum atomic E-state index is -3.69. The smallest absolute Gasteiger partial charge is 0.238 e. The number of hydrogen-bond donors (Lipinski definition) is 2. The van der Waals surface area contributed by atoms with Gasteiger partial charge in [0.05, 0.1) is 17.5 Å². The molecule has 0 saturated heterocycles. The van der Waals surface area contributed by atoms with Crippen molar-refractivity contribution >= 4 is 10.0 Å². The van der Waals surface area contributed by atoms with E-state index in [-0.39, 0.29) is 10.9 Å². The van der Waals surface area contributed by atoms with Gasteiger partial charge in [0.2, 0.25) is 10.0 Å². The molecule has 21 heavy (non-hydrogen) atoms. The lowest BCUT2D eigenvalue weighted by atomic mass is 10.1. The van der Waals surface area contributed by atoms with Crippen molar-refractivity contribution in [3.63, 3.8) is 0 Å². The highest BCUT2D eigenvalue weighted by Crippen LogP contribution is 2.16. The van der Waals surface area contributed by atoms with E-state index >= 15 is 0 Å². The first-order valence-electron chi connectivity index (χ1n) is 6.51. The third-order valence-corrected chi connectivity index (χ3v) is 3.94. The maximum atomic E-state index is 11.3. The van der Waals surface area contributed by atoms with Gasteiger partial charge in [-0.25, -0.2) is 13.6 Å². The van der Waals surface area contributed by atoms with Crippen molar-refractivity contribution in [1.82, 2.24) is 5.48 Å². The molecule has 0 bridgehead atoms. The van der Waals surface area contributed by atoms with Crippen molar-refractivity contribution in [1.29, 1.82) is 0 Å². The van der Waals surface area contributed by atoms with Crippen LogP contribution in [0.5, 0.6) is 0 Å². The fourth-order valence-corrected chi connectivity index (χ4v) is 2.42. The highest BCUT2D eigenvalue weighted by molar-refractivity contribution is 7.89. The van der Waals surface area contributed by atoms with Crippen molar-refractivity contribution in [2.75, 3.05) is 0 Å². The number of nitrogens with one attached hydrogen (secondary N) is 1. The van der Waals surface area contributed by atoms with Crippen LogP contribution in [-0.4, -0.2) is 8.42 Å². The Kier molecular flexibility index (Phi) is 5.08. The molecule has 6 heteroatoms. The molecule has 0 fully saturated rings. The van der Waals surface area contributed by atoms with Gasteiger partial charge in [0.25, 0.3) is 0 Å². The van der Waals surface area contributed by atoms with Gasteiger partial charge in [-0.2, -0.15) is 5.48 Å². The standard InChI is InChI=1S/C15H18N2O3S/c1-12(17-20-11-13-6-3-2-4-7-13)14-8-5-9-15(10-14)21(16,18)19/h2-10,12,17H,11H2,1H3,(H2,16,18,19). The van der Waals surface area contributed by atoms with E-state index in [4.69, 9.17) is 9.98 Å². The molecule has 2 aromatic carbocycles. The molecule has 1 unspecified atom stereocenters. The predicted molar refractivity (Wildman–Crippen MR) is 80.6 cm³/mol. The van der Waals surface area contributed by atoms with Crippen molar-refractivity contribution in [2.45, 2.75) is 24.5 Å². The van der Waals surface area contributed by atoms with Gasteiger partial charge in [0, 0.05) is 0 Å². The minimum absolute atomic E-state index is 0.0942. The zero-order valence-corrected chi connectivity index (χ0v) is 12.5. The fraction of sp³-hybridized carbons (Fsp3) is 0.200. The highest BCUT2D eigenvalue weighted by Gasteiger charge is 2.11. The average Bonchev–Trinajstić information content (AvgIpc) is 2.47. The van der Waals surface area contributed by atoms with Crippen LogP contribution in [0, 0.1) is 0 Å². The SMILES string of the molecule is CC(NOCc1ccccc1)c1cccc(S(N)(=O)=O)c1. The summed E-state index contributed by atoms with van der Waals surface area (Å²) in [7, 11) is -3.69. The molecular formula is C15H18N2O3S. The van der Waals surface area contributed by atoms with Crippen LogP contribution in [0.25, 0.3) is 0 Å². The molecule has 0 aromatic heterocycles. The Bertz CT molecular complexity index is 687. The lowest BCUT2D eigenvalue weighted by Gasteiger charge is -2.15. The Labute approximate surface area is 124 Å². The van der Waals surface area contributed by atoms with E-state index in [0.717, 1.165) is 11.1 Å². The summed E-state index contributed by atoms with van der Waals surface area (Å²) in [4.78, 5) is 5.52. The van der Waals surface area contributed by atoms with Crippen LogP contribution in [0.3, 0.4) is 0 Å². The maximum absolute atomic E-state index is 11.3. The Hall–Kier alpha value is -1.73. The topological polar surface area (TPSA) is 81.4 Å². The Morgan fingerprint density at radius 3 is 2.52 bits per heavy atom. The second-order valence-corrected chi connectivity index (χ2v) is 6.29. The molecule has 0 radical (unpaired) electrons. The Balaban J connectivity index is 1.96. The van der Waals surface area contributed by atoms with Crippen molar-refractivity contribution in [2.24, 2.45) is 5.14 Å². The second-order valence-electron chi connectivity index (χ2n) is 4.73. The summed E-state index contributed by atoms with van der Waals surface area (Å²) in [6.45, 7) is 2.31. The van der Waals surface area contributed by atoms with Crippen LogP contribution in [0.15, 0.2) is 59.5 Å². The molecule has 1 atom stereocenters. The van der Waals surface area contributed by atoms with Gasteiger partial charge in [-0.15, -0.1) is 0 Å². The Morgan fingerprint density at radius 1 is 1.14 bits per heavy atom. The summed E-state index contributed by atoms with van der Waals surface area (Å²) >= 11 is 0. The van der Waals surface area contributed by atoms with E-state index in [0.29, 0.717) is 6.61 Å². The van der Waals surface area contributed by atoms with Crippen LogP contribution < -0.4 is 10.6 Å². The summed E-state index contributed by atoms with van der Waals surface area (Å²) in [6.07, 6.45) is 0. The molecule has 2 rings (SSSR count). The number of hydroxylamine groups is 1. The zero-order valence-electron chi connectivity index (χ0n) is 11.7. The molecule has 0 aliphatic carbocycles. The molecule has 112 valence electrons. The average molecular weight is 306 g/mol. The van der Waals surface area contributed by atoms with Gasteiger partial charge in [0.1, 0.15) is 0 Å². The van der Waals surface area contributed by atoms with Crippen molar-refractivity contribution < 1.29 is 13.3 Å². The van der Waals surface area contributed by atoms with Crippen LogP contribution in [0.2, 0.25) is 0 Å². The molecule has 3 N–H and O–H groups in total. The van der Waals surface area contributed by atoms with Crippen LogP contribution >= 0.6 is 0 Å². The van der Waals surface area contributed by atoms with Crippen molar-refractivity contribution in [3.05, 3.63) is 65.7 Å². The second kappa shape index (κ2) is 6.82. The van der Waals surface area contributed by atoms with Crippen LogP contribution in [0.1, 0.15) is 24.1 Å². The number of nitrogens with two attached hydrogens (primary N) is 1. The van der Waals surface area contributed by atoms with E-state index in [1.807, 2.05) is 43.3 Å². The summed E-state index contributed by atoms with van der Waals surface area (Å²) < 4.78 is 22.7. The van der Waals surface area contributed by atoms with Gasteiger partial charge in [-0.1, -0.05) is 42.5 Å². The molecule has 0 aliphatic rings. The summed E-state index contributed by atoms with van der Waals surface area (Å²) in [5.74, 6) is 0. The first-order valence-corrected chi connectivity index (χ1v) is 8.05. The number of rotatable bonds is 6. The quantitative estimate of drug-likeness (QED) is 0.801. The molecule has 0 saturated carbocycles. The summed E-state index contributed by atoms with van der Waals surface area (Å²) in [5, 5.41) is 5.12. The zero-order chi connectivity index (χ0) is 15.3. The van der Waals surface area contributed by atoms with Gasteiger partial charge in [0.15, 0.2) is 0 Å². The largest absolute Gasteiger partial charge is 0.296 e. The molecular weight excluding hydrogens is 288 g/mol. The molecule has 0 aliphatic heterocycles. The van der Waals surface area contributed by atoms with Gasteiger partial charge < -0.3 is 0 Å². The molecule has 0 amide bonds. The lowest BCUT2D eigenvalue weighted by molar-refractivity contribution is 0.00694. The molecule has 0 heterocycles. The highest BCUT2D eigenvalue weighted by atomic mass is 32.2. The van der Waals surface area contributed by atoms with Gasteiger partial charge in [-0.3, -0.25) is 4.84 Å². The molecule has 5 nitrogen and oxygen atoms in total. The summed E-state index contributed by atoms with van der Waals surface area (Å²) in [5.41, 5.74) is 4.73. The predicted octanol–water partition coefficient (Wildman–Crippen LogP) is 2.12.